The highest BCUT2D eigenvalue weighted by atomic mass is 35.5. The van der Waals surface area contributed by atoms with Crippen molar-refractivity contribution in [3.8, 4) is 11.1 Å². The normalized spacial score (nSPS) is 11.2. The van der Waals surface area contributed by atoms with E-state index in [0.29, 0.717) is 19.5 Å². The van der Waals surface area contributed by atoms with Crippen molar-refractivity contribution in [2.24, 2.45) is 0 Å². The van der Waals surface area contributed by atoms with E-state index in [-0.39, 0.29) is 6.61 Å². The van der Waals surface area contributed by atoms with Gasteiger partial charge in [0.2, 0.25) is 0 Å². The number of nitrogens with zero attached hydrogens (tertiary/aromatic N) is 2. The summed E-state index contributed by atoms with van der Waals surface area (Å²) in [5.41, 5.74) is 5.12. The minimum atomic E-state index is 0.119. The first-order valence-electron chi connectivity index (χ1n) is 9.14. The Hall–Kier alpha value is -2.31. The maximum absolute atomic E-state index is 8.92. The Labute approximate surface area is 172 Å². The Morgan fingerprint density at radius 1 is 1.04 bits per heavy atom. The standard InChI is InChI=1S/C22H20ClN3OS/c23-21-16(7-4-8-17(21)15-5-2-1-3-6-15)13-19-22-18(9-10-25-19)26-20(28-22)14-24-11-12-27/h1-10,24,27H,11-14H2. The second-order valence-corrected chi connectivity index (χ2v) is 7.90. The van der Waals surface area contributed by atoms with Gasteiger partial charge in [-0.2, -0.15) is 0 Å². The molecule has 2 aromatic carbocycles. The molecule has 4 aromatic rings. The number of halogens is 1. The van der Waals surface area contributed by atoms with E-state index in [1.165, 1.54) is 0 Å². The van der Waals surface area contributed by atoms with Gasteiger partial charge >= 0.3 is 0 Å². The molecule has 0 atom stereocenters. The van der Waals surface area contributed by atoms with E-state index in [1.54, 1.807) is 17.5 Å². The van der Waals surface area contributed by atoms with Crippen LogP contribution in [-0.4, -0.2) is 28.2 Å². The number of fused-ring (bicyclic) bond motifs is 1. The van der Waals surface area contributed by atoms with Crippen molar-refractivity contribution in [2.45, 2.75) is 13.0 Å². The van der Waals surface area contributed by atoms with Crippen LogP contribution in [0.4, 0.5) is 0 Å². The Balaban J connectivity index is 1.65. The zero-order valence-electron chi connectivity index (χ0n) is 15.2. The van der Waals surface area contributed by atoms with E-state index in [1.807, 2.05) is 36.4 Å². The lowest BCUT2D eigenvalue weighted by molar-refractivity contribution is 0.292. The largest absolute Gasteiger partial charge is 0.395 e. The first-order valence-corrected chi connectivity index (χ1v) is 10.3. The molecule has 0 aliphatic heterocycles. The highest BCUT2D eigenvalue weighted by Crippen LogP contribution is 2.33. The molecule has 0 bridgehead atoms. The van der Waals surface area contributed by atoms with Gasteiger partial charge in [0, 0.05) is 31.3 Å². The molecule has 0 amide bonds. The monoisotopic (exact) mass is 409 g/mol. The second-order valence-electron chi connectivity index (χ2n) is 6.44. The fourth-order valence-corrected chi connectivity index (χ4v) is 4.48. The van der Waals surface area contributed by atoms with Gasteiger partial charge in [-0.3, -0.25) is 4.98 Å². The summed E-state index contributed by atoms with van der Waals surface area (Å²) < 4.78 is 1.09. The summed E-state index contributed by atoms with van der Waals surface area (Å²) in [6.07, 6.45) is 2.46. The van der Waals surface area contributed by atoms with Crippen molar-refractivity contribution < 1.29 is 5.11 Å². The van der Waals surface area contributed by atoms with Crippen LogP contribution in [-0.2, 0) is 13.0 Å². The van der Waals surface area contributed by atoms with Crippen LogP contribution in [0.25, 0.3) is 21.3 Å². The van der Waals surface area contributed by atoms with Gasteiger partial charge in [-0.05, 0) is 17.2 Å². The highest BCUT2D eigenvalue weighted by molar-refractivity contribution is 7.18. The molecule has 0 spiro atoms. The molecule has 0 aliphatic carbocycles. The Morgan fingerprint density at radius 2 is 1.89 bits per heavy atom. The third-order valence-corrected chi connectivity index (χ3v) is 6.08. The van der Waals surface area contributed by atoms with Crippen molar-refractivity contribution in [1.29, 1.82) is 0 Å². The van der Waals surface area contributed by atoms with Gasteiger partial charge in [0.1, 0.15) is 5.01 Å². The van der Waals surface area contributed by atoms with Crippen LogP contribution in [0.3, 0.4) is 0 Å². The zero-order valence-corrected chi connectivity index (χ0v) is 16.8. The predicted molar refractivity (Wildman–Crippen MR) is 116 cm³/mol. The first-order chi connectivity index (χ1) is 13.8. The molecule has 2 N–H and O–H groups in total. The average molecular weight is 410 g/mol. The minimum absolute atomic E-state index is 0.119. The molecule has 4 nitrogen and oxygen atoms in total. The third kappa shape index (κ3) is 4.08. The third-order valence-electron chi connectivity index (χ3n) is 4.51. The summed E-state index contributed by atoms with van der Waals surface area (Å²) in [7, 11) is 0. The number of thiazole rings is 1. The number of pyridine rings is 1. The molecular weight excluding hydrogens is 390 g/mol. The van der Waals surface area contributed by atoms with Crippen LogP contribution in [0.2, 0.25) is 5.02 Å². The van der Waals surface area contributed by atoms with Crippen molar-refractivity contribution in [3.05, 3.63) is 82.1 Å². The van der Waals surface area contributed by atoms with E-state index in [2.05, 4.69) is 33.5 Å². The van der Waals surface area contributed by atoms with Gasteiger partial charge in [0.15, 0.2) is 0 Å². The van der Waals surface area contributed by atoms with Crippen LogP contribution in [0.1, 0.15) is 16.3 Å². The molecule has 0 unspecified atom stereocenters. The molecule has 6 heteroatoms. The second kappa shape index (κ2) is 8.80. The van der Waals surface area contributed by atoms with Crippen LogP contribution in [0, 0.1) is 0 Å². The van der Waals surface area contributed by atoms with E-state index >= 15 is 0 Å². The fourth-order valence-electron chi connectivity index (χ4n) is 3.17. The lowest BCUT2D eigenvalue weighted by Gasteiger charge is -2.10. The number of aliphatic hydroxyl groups excluding tert-OH is 1. The van der Waals surface area contributed by atoms with Gasteiger partial charge in [-0.15, -0.1) is 11.3 Å². The van der Waals surface area contributed by atoms with Gasteiger partial charge in [0.25, 0.3) is 0 Å². The fraction of sp³-hybridized carbons (Fsp3) is 0.182. The number of aromatic nitrogens is 2. The van der Waals surface area contributed by atoms with Crippen LogP contribution in [0.5, 0.6) is 0 Å². The number of hydrogen-bond acceptors (Lipinski definition) is 5. The number of aliphatic hydroxyl groups is 1. The van der Waals surface area contributed by atoms with Gasteiger partial charge < -0.3 is 10.4 Å². The molecule has 28 heavy (non-hydrogen) atoms. The summed E-state index contributed by atoms with van der Waals surface area (Å²) in [6, 6.07) is 18.3. The topological polar surface area (TPSA) is 58.0 Å². The molecule has 0 radical (unpaired) electrons. The maximum atomic E-state index is 8.92. The molecule has 4 rings (SSSR count). The minimum Gasteiger partial charge on any atom is -0.395 e. The number of hydrogen-bond donors (Lipinski definition) is 2. The Bertz CT molecular complexity index is 1080. The predicted octanol–water partition coefficient (Wildman–Crippen LogP) is 4.68. The zero-order chi connectivity index (χ0) is 19.3. The number of benzene rings is 2. The van der Waals surface area contributed by atoms with Gasteiger partial charge in [-0.1, -0.05) is 60.1 Å². The van der Waals surface area contributed by atoms with E-state index < -0.39 is 0 Å². The summed E-state index contributed by atoms with van der Waals surface area (Å²) in [6.45, 7) is 1.32. The van der Waals surface area contributed by atoms with Crippen LogP contribution < -0.4 is 5.32 Å². The Morgan fingerprint density at radius 3 is 2.71 bits per heavy atom. The average Bonchev–Trinajstić information content (AvgIpc) is 3.14. The summed E-state index contributed by atoms with van der Waals surface area (Å²) >= 11 is 8.40. The molecule has 2 heterocycles. The SMILES string of the molecule is OCCNCc1nc2ccnc(Cc3cccc(-c4ccccc4)c3Cl)c2s1. The van der Waals surface area contributed by atoms with Crippen molar-refractivity contribution >= 4 is 33.2 Å². The Kier molecular flexibility index (Phi) is 5.98. The molecular formula is C22H20ClN3OS. The molecule has 0 fully saturated rings. The number of rotatable bonds is 7. The van der Waals surface area contributed by atoms with E-state index in [9.17, 15) is 0 Å². The van der Waals surface area contributed by atoms with Crippen molar-refractivity contribution in [3.63, 3.8) is 0 Å². The maximum Gasteiger partial charge on any atom is 0.108 e. The van der Waals surface area contributed by atoms with Crippen LogP contribution in [0.15, 0.2) is 60.8 Å². The van der Waals surface area contributed by atoms with Crippen molar-refractivity contribution in [1.82, 2.24) is 15.3 Å². The van der Waals surface area contributed by atoms with Gasteiger partial charge in [0.05, 0.1) is 27.5 Å². The van der Waals surface area contributed by atoms with E-state index in [0.717, 1.165) is 42.6 Å². The summed E-state index contributed by atoms with van der Waals surface area (Å²) in [5.74, 6) is 0. The first kappa shape index (κ1) is 19.0. The molecule has 142 valence electrons. The lowest BCUT2D eigenvalue weighted by Crippen LogP contribution is -2.17. The highest BCUT2D eigenvalue weighted by Gasteiger charge is 2.13. The molecule has 0 saturated carbocycles. The van der Waals surface area contributed by atoms with E-state index in [4.69, 9.17) is 16.7 Å². The molecule has 0 saturated heterocycles. The molecule has 2 aromatic heterocycles. The quantitative estimate of drug-likeness (QED) is 0.435. The van der Waals surface area contributed by atoms with Crippen LogP contribution >= 0.6 is 22.9 Å². The number of nitrogens with one attached hydrogen (secondary N) is 1. The smallest absolute Gasteiger partial charge is 0.108 e. The molecule has 0 aliphatic rings. The summed E-state index contributed by atoms with van der Waals surface area (Å²) in [5, 5.41) is 13.8. The van der Waals surface area contributed by atoms with Crippen molar-refractivity contribution in [2.75, 3.05) is 13.2 Å². The van der Waals surface area contributed by atoms with Gasteiger partial charge in [-0.25, -0.2) is 4.98 Å². The summed E-state index contributed by atoms with van der Waals surface area (Å²) in [4.78, 5) is 9.28. The lowest BCUT2D eigenvalue weighted by atomic mass is 10.0.